The van der Waals surface area contributed by atoms with Crippen LogP contribution in [0, 0.1) is 0 Å². The Kier molecular flexibility index (Phi) is 39.4. The first kappa shape index (κ1) is 30.1. The van der Waals surface area contributed by atoms with Crippen LogP contribution >= 0.6 is 0 Å². The van der Waals surface area contributed by atoms with E-state index in [2.05, 4.69) is 13.8 Å². The molecule has 0 aromatic carbocycles. The second-order valence-electron chi connectivity index (χ2n) is 4.37. The summed E-state index contributed by atoms with van der Waals surface area (Å²) in [6.07, 6.45) is 8.59. The van der Waals surface area contributed by atoms with Gasteiger partial charge in [-0.1, -0.05) is 52.4 Å². The fourth-order valence-corrected chi connectivity index (χ4v) is 1.39. The third kappa shape index (κ3) is 36.9. The molecule has 0 bridgehead atoms. The Balaban J connectivity index is -0.000000116. The first-order valence-electron chi connectivity index (χ1n) is 6.94. The summed E-state index contributed by atoms with van der Waals surface area (Å²) < 4.78 is 0. The van der Waals surface area contributed by atoms with Gasteiger partial charge >= 0.3 is 103 Å². The van der Waals surface area contributed by atoms with Gasteiger partial charge in [-0.25, -0.2) is 0 Å². The van der Waals surface area contributed by atoms with Gasteiger partial charge in [-0.3, -0.25) is 0 Å². The number of hydrogen-bond acceptors (Lipinski definition) is 4. The number of aliphatic carboxylic acids is 2. The second-order valence-corrected chi connectivity index (χ2v) is 4.37. The van der Waals surface area contributed by atoms with Gasteiger partial charge in [0.05, 0.1) is 0 Å². The van der Waals surface area contributed by atoms with Gasteiger partial charge in [0.25, 0.3) is 0 Å². The van der Waals surface area contributed by atoms with Gasteiger partial charge < -0.3 is 19.8 Å². The molecule has 0 saturated carbocycles. The normalized spacial score (nSPS) is 8.50. The summed E-state index contributed by atoms with van der Waals surface area (Å²) in [7, 11) is 0. The quantitative estimate of drug-likeness (QED) is 0.297. The minimum absolute atomic E-state index is 0. The average molecular weight is 337 g/mol. The summed E-state index contributed by atoms with van der Waals surface area (Å²) in [5, 5.41) is 19.7. The van der Waals surface area contributed by atoms with Crippen molar-refractivity contribution in [3.05, 3.63) is 0 Å². The number of carboxylic acid groups (broad SMARTS) is 2. The summed E-state index contributed by atoms with van der Waals surface area (Å²) in [4.78, 5) is 19.7. The zero-order valence-electron chi connectivity index (χ0n) is 13.7. The zero-order chi connectivity index (χ0) is 14.2. The maximum absolute atomic E-state index is 9.85. The number of carbonyl (C=O) groups excluding carboxylic acids is 2. The van der Waals surface area contributed by atoms with Crippen LogP contribution < -0.4 is 113 Å². The molecule has 4 nitrogen and oxygen atoms in total. The van der Waals surface area contributed by atoms with E-state index in [1.54, 1.807) is 0 Å². The molecule has 108 valence electrons. The molecule has 0 saturated heterocycles. The molecule has 0 rings (SSSR count). The van der Waals surface area contributed by atoms with Crippen LogP contribution in [0.1, 0.15) is 78.1 Å². The smallest absolute Gasteiger partial charge is 0.550 e. The van der Waals surface area contributed by atoms with Gasteiger partial charge in [0.2, 0.25) is 0 Å². The van der Waals surface area contributed by atoms with Crippen LogP contribution in [0.5, 0.6) is 0 Å². The number of carboxylic acids is 2. The molecule has 0 aromatic rings. The Labute approximate surface area is 208 Å². The largest absolute Gasteiger partial charge is 1.00 e. The third-order valence-corrected chi connectivity index (χ3v) is 2.47. The van der Waals surface area contributed by atoms with Crippen molar-refractivity contribution in [1.82, 2.24) is 0 Å². The van der Waals surface area contributed by atoms with Crippen molar-refractivity contribution in [3.63, 3.8) is 0 Å². The summed E-state index contributed by atoms with van der Waals surface area (Å²) in [5.41, 5.74) is 0. The molecule has 0 heterocycles. The fraction of sp³-hybridized carbons (Fsp3) is 0.857. The summed E-state index contributed by atoms with van der Waals surface area (Å²) in [6, 6.07) is 0. The molecular weight excluding hydrogens is 310 g/mol. The molecule has 0 unspecified atom stereocenters. The minimum Gasteiger partial charge on any atom is -0.550 e. The molecular formula is C14H26K2O4. The fourth-order valence-electron chi connectivity index (χ4n) is 1.39. The first-order valence-corrected chi connectivity index (χ1v) is 6.94. The van der Waals surface area contributed by atoms with Crippen LogP contribution in [0.25, 0.3) is 0 Å². The van der Waals surface area contributed by atoms with Gasteiger partial charge in [0.1, 0.15) is 0 Å². The second kappa shape index (κ2) is 26.1. The number of unbranched alkanes of at least 4 members (excludes halogenated alkanes) is 6. The molecule has 0 N–H and O–H groups in total. The molecule has 0 amide bonds. The van der Waals surface area contributed by atoms with Gasteiger partial charge in [-0.15, -0.1) is 0 Å². The van der Waals surface area contributed by atoms with Crippen LogP contribution in [0.3, 0.4) is 0 Å². The molecule has 0 aliphatic rings. The van der Waals surface area contributed by atoms with E-state index >= 15 is 0 Å². The van der Waals surface area contributed by atoms with Crippen molar-refractivity contribution < 1.29 is 123 Å². The molecule has 6 heteroatoms. The number of rotatable bonds is 10. The van der Waals surface area contributed by atoms with Gasteiger partial charge in [-0.05, 0) is 25.7 Å². The summed E-state index contributed by atoms with van der Waals surface area (Å²) >= 11 is 0. The van der Waals surface area contributed by atoms with Gasteiger partial charge in [-0.2, -0.15) is 0 Å². The van der Waals surface area contributed by atoms with E-state index in [1.165, 1.54) is 0 Å². The zero-order valence-corrected chi connectivity index (χ0v) is 20.0. The van der Waals surface area contributed by atoms with Gasteiger partial charge in [0.15, 0.2) is 0 Å². The predicted octanol–water partition coefficient (Wildman–Crippen LogP) is -4.58. The Morgan fingerprint density at radius 2 is 0.950 bits per heavy atom. The molecule has 0 atom stereocenters. The van der Waals surface area contributed by atoms with E-state index in [1.807, 2.05) is 0 Å². The topological polar surface area (TPSA) is 80.3 Å². The van der Waals surface area contributed by atoms with Crippen molar-refractivity contribution in [3.8, 4) is 0 Å². The Morgan fingerprint density at radius 3 is 1.15 bits per heavy atom. The maximum atomic E-state index is 9.85. The molecule has 0 aliphatic carbocycles. The van der Waals surface area contributed by atoms with E-state index in [-0.39, 0.29) is 116 Å². The standard InChI is InChI=1S/2C7H14O2.2K/c2*1-2-3-4-5-6-7(8)9;;/h2*2-6H2,1H3,(H,8,9);;/q;;2*+1/p-2. The molecule has 20 heavy (non-hydrogen) atoms. The van der Waals surface area contributed by atoms with E-state index in [0.29, 0.717) is 0 Å². The van der Waals surface area contributed by atoms with Gasteiger partial charge in [0, 0.05) is 11.9 Å². The van der Waals surface area contributed by atoms with E-state index in [4.69, 9.17) is 0 Å². The van der Waals surface area contributed by atoms with Crippen molar-refractivity contribution in [2.75, 3.05) is 0 Å². The van der Waals surface area contributed by atoms with E-state index < -0.39 is 11.9 Å². The van der Waals surface area contributed by atoms with Crippen molar-refractivity contribution >= 4 is 11.9 Å². The Morgan fingerprint density at radius 1 is 0.650 bits per heavy atom. The van der Waals surface area contributed by atoms with Crippen molar-refractivity contribution in [2.24, 2.45) is 0 Å². The number of hydrogen-bond donors (Lipinski definition) is 0. The van der Waals surface area contributed by atoms with Crippen LogP contribution in [0.2, 0.25) is 0 Å². The number of carbonyl (C=O) groups is 2. The molecule has 0 aromatic heterocycles. The van der Waals surface area contributed by atoms with E-state index in [0.717, 1.165) is 51.4 Å². The van der Waals surface area contributed by atoms with E-state index in [9.17, 15) is 19.8 Å². The Bertz CT molecular complexity index is 189. The SMILES string of the molecule is CCCCCCC(=O)[O-].CCCCCCC(=O)[O-].[K+].[K+]. The van der Waals surface area contributed by atoms with Crippen molar-refractivity contribution in [2.45, 2.75) is 78.1 Å². The molecule has 0 radical (unpaired) electrons. The predicted molar refractivity (Wildman–Crippen MR) is 67.5 cm³/mol. The van der Waals surface area contributed by atoms with Crippen LogP contribution in [0.4, 0.5) is 0 Å². The average Bonchev–Trinajstić information content (AvgIpc) is 2.31. The molecule has 0 aliphatic heterocycles. The molecule has 0 spiro atoms. The van der Waals surface area contributed by atoms with Crippen LogP contribution in [-0.2, 0) is 9.59 Å². The maximum Gasteiger partial charge on any atom is 1.00 e. The molecule has 0 fully saturated rings. The van der Waals surface area contributed by atoms with Crippen LogP contribution in [-0.4, -0.2) is 11.9 Å². The van der Waals surface area contributed by atoms with Crippen molar-refractivity contribution in [1.29, 1.82) is 0 Å². The minimum atomic E-state index is -0.925. The van der Waals surface area contributed by atoms with Crippen LogP contribution in [0.15, 0.2) is 0 Å². The Hall–Kier alpha value is 2.21. The monoisotopic (exact) mass is 336 g/mol. The third-order valence-electron chi connectivity index (χ3n) is 2.47. The summed E-state index contributed by atoms with van der Waals surface area (Å²) in [6.45, 7) is 4.19. The summed E-state index contributed by atoms with van der Waals surface area (Å²) in [5.74, 6) is -1.85. The first-order chi connectivity index (χ1) is 8.54.